The van der Waals surface area contributed by atoms with Crippen molar-refractivity contribution < 1.29 is 28.2 Å². The van der Waals surface area contributed by atoms with E-state index in [1.807, 2.05) is 77.1 Å². The van der Waals surface area contributed by atoms with Crippen molar-refractivity contribution in [2.75, 3.05) is 12.3 Å². The molecule has 40 heavy (non-hydrogen) atoms. The first kappa shape index (κ1) is 30.5. The van der Waals surface area contributed by atoms with Crippen LogP contribution in [0.1, 0.15) is 76.6 Å². The Morgan fingerprint density at radius 2 is 1.75 bits per heavy atom. The number of rotatable bonds is 11. The molecule has 1 aromatic heterocycles. The standard InChI is InChI=1S/C31H41N3O6/c1-19(2)38-30(36)33-20(3)26-18-25(14-10-22(26)11-15-28(35)40-31(5,6)7)37-17-16-27-21(4)39-29(34-27)23-8-12-24(32)13-9-23/h8-10,12-14,18-20H,11,15-17,32H2,1-7H3,(H,33,36). The molecule has 216 valence electrons. The van der Waals surface area contributed by atoms with Crippen molar-refractivity contribution >= 4 is 17.7 Å². The van der Waals surface area contributed by atoms with Gasteiger partial charge in [-0.05, 0) is 102 Å². The lowest BCUT2D eigenvalue weighted by atomic mass is 9.97. The first-order chi connectivity index (χ1) is 18.8. The fourth-order valence-corrected chi connectivity index (χ4v) is 4.10. The van der Waals surface area contributed by atoms with Gasteiger partial charge < -0.3 is 29.7 Å². The number of oxazole rings is 1. The Morgan fingerprint density at radius 1 is 1.05 bits per heavy atom. The van der Waals surface area contributed by atoms with Crippen molar-refractivity contribution in [1.29, 1.82) is 0 Å². The normalized spacial score (nSPS) is 12.2. The molecule has 0 aliphatic rings. The van der Waals surface area contributed by atoms with Crippen molar-refractivity contribution in [2.45, 2.75) is 85.5 Å². The van der Waals surface area contributed by atoms with Gasteiger partial charge in [-0.2, -0.15) is 0 Å². The molecule has 1 heterocycles. The number of alkyl carbamates (subject to hydrolysis) is 1. The summed E-state index contributed by atoms with van der Waals surface area (Å²) < 4.78 is 22.6. The summed E-state index contributed by atoms with van der Waals surface area (Å²) in [4.78, 5) is 29.2. The number of nitrogens with one attached hydrogen (secondary N) is 1. The number of nitrogens with two attached hydrogens (primary N) is 1. The second-order valence-electron chi connectivity index (χ2n) is 11.0. The van der Waals surface area contributed by atoms with Gasteiger partial charge in [0.15, 0.2) is 0 Å². The number of carbonyl (C=O) groups excluding carboxylic acids is 2. The number of carbonyl (C=O) groups is 2. The van der Waals surface area contributed by atoms with Crippen LogP contribution in [-0.4, -0.2) is 35.4 Å². The average Bonchev–Trinajstić information content (AvgIpc) is 3.22. The van der Waals surface area contributed by atoms with Gasteiger partial charge in [0, 0.05) is 24.1 Å². The van der Waals surface area contributed by atoms with E-state index in [0.29, 0.717) is 36.8 Å². The van der Waals surface area contributed by atoms with Gasteiger partial charge in [0.2, 0.25) is 5.89 Å². The highest BCUT2D eigenvalue weighted by Crippen LogP contribution is 2.27. The van der Waals surface area contributed by atoms with E-state index in [0.717, 1.165) is 28.1 Å². The summed E-state index contributed by atoms with van der Waals surface area (Å²) in [7, 11) is 0. The molecule has 3 aromatic rings. The number of ether oxygens (including phenoxy) is 3. The topological polar surface area (TPSA) is 126 Å². The molecule has 9 heteroatoms. The van der Waals surface area contributed by atoms with Crippen molar-refractivity contribution in [3.63, 3.8) is 0 Å². The predicted molar refractivity (Wildman–Crippen MR) is 154 cm³/mol. The number of nitrogen functional groups attached to an aromatic ring is 1. The largest absolute Gasteiger partial charge is 0.493 e. The molecule has 1 amide bonds. The first-order valence-electron chi connectivity index (χ1n) is 13.6. The molecule has 3 N–H and O–H groups in total. The molecule has 0 saturated heterocycles. The van der Waals surface area contributed by atoms with Crippen LogP contribution in [0.15, 0.2) is 46.9 Å². The molecule has 0 fully saturated rings. The summed E-state index contributed by atoms with van der Waals surface area (Å²) in [6.07, 6.45) is 0.477. The van der Waals surface area contributed by atoms with Gasteiger partial charge in [0.25, 0.3) is 0 Å². The lowest BCUT2D eigenvalue weighted by molar-refractivity contribution is -0.154. The summed E-state index contributed by atoms with van der Waals surface area (Å²) in [6.45, 7) is 13.2. The second-order valence-corrected chi connectivity index (χ2v) is 11.0. The highest BCUT2D eigenvalue weighted by atomic mass is 16.6. The summed E-state index contributed by atoms with van der Waals surface area (Å²) in [6, 6.07) is 12.7. The van der Waals surface area contributed by atoms with Crippen LogP contribution in [0, 0.1) is 6.92 Å². The monoisotopic (exact) mass is 551 g/mol. The maximum atomic E-state index is 12.3. The number of aromatic nitrogens is 1. The molecule has 0 spiro atoms. The van der Waals surface area contributed by atoms with Crippen LogP contribution in [-0.2, 0) is 27.1 Å². The lowest BCUT2D eigenvalue weighted by Crippen LogP contribution is -2.30. The fraction of sp³-hybridized carbons (Fsp3) is 0.452. The average molecular weight is 552 g/mol. The van der Waals surface area contributed by atoms with Crippen LogP contribution < -0.4 is 15.8 Å². The van der Waals surface area contributed by atoms with Crippen LogP contribution in [0.5, 0.6) is 5.75 Å². The quantitative estimate of drug-likeness (QED) is 0.209. The number of anilines is 1. The predicted octanol–water partition coefficient (Wildman–Crippen LogP) is 6.32. The van der Waals surface area contributed by atoms with E-state index < -0.39 is 11.7 Å². The second kappa shape index (κ2) is 13.4. The SMILES string of the molecule is Cc1oc(-c2ccc(N)cc2)nc1CCOc1ccc(CCC(=O)OC(C)(C)C)c(C(C)NC(=O)OC(C)C)c1. The van der Waals surface area contributed by atoms with E-state index >= 15 is 0 Å². The smallest absolute Gasteiger partial charge is 0.407 e. The minimum Gasteiger partial charge on any atom is -0.493 e. The zero-order valence-electron chi connectivity index (χ0n) is 24.5. The van der Waals surface area contributed by atoms with Gasteiger partial charge >= 0.3 is 12.1 Å². The van der Waals surface area contributed by atoms with Gasteiger partial charge in [0.1, 0.15) is 17.1 Å². The van der Waals surface area contributed by atoms with Crippen LogP contribution in [0.25, 0.3) is 11.5 Å². The Balaban J connectivity index is 1.70. The highest BCUT2D eigenvalue weighted by molar-refractivity contribution is 5.70. The van der Waals surface area contributed by atoms with E-state index in [2.05, 4.69) is 10.3 Å². The lowest BCUT2D eigenvalue weighted by Gasteiger charge is -2.21. The van der Waals surface area contributed by atoms with E-state index in [1.165, 1.54) is 0 Å². The van der Waals surface area contributed by atoms with E-state index in [-0.39, 0.29) is 24.5 Å². The van der Waals surface area contributed by atoms with Crippen LogP contribution in [0.3, 0.4) is 0 Å². The highest BCUT2D eigenvalue weighted by Gasteiger charge is 2.20. The minimum atomic E-state index is -0.550. The molecular formula is C31H41N3O6. The third-order valence-electron chi connectivity index (χ3n) is 5.94. The molecule has 0 aliphatic heterocycles. The first-order valence-corrected chi connectivity index (χ1v) is 13.6. The summed E-state index contributed by atoms with van der Waals surface area (Å²) in [5, 5.41) is 2.87. The molecule has 0 aliphatic carbocycles. The van der Waals surface area contributed by atoms with Crippen molar-refractivity contribution in [2.24, 2.45) is 0 Å². The van der Waals surface area contributed by atoms with Crippen molar-refractivity contribution in [1.82, 2.24) is 10.3 Å². The molecule has 9 nitrogen and oxygen atoms in total. The van der Waals surface area contributed by atoms with Crippen LogP contribution >= 0.6 is 0 Å². The molecule has 1 atom stereocenters. The van der Waals surface area contributed by atoms with Gasteiger partial charge in [-0.15, -0.1) is 0 Å². The van der Waals surface area contributed by atoms with Gasteiger partial charge in [-0.3, -0.25) is 4.79 Å². The van der Waals surface area contributed by atoms with E-state index in [1.54, 1.807) is 13.8 Å². The molecule has 0 saturated carbocycles. The van der Waals surface area contributed by atoms with Crippen LogP contribution in [0.2, 0.25) is 0 Å². The molecular weight excluding hydrogens is 510 g/mol. The molecule has 1 unspecified atom stereocenters. The maximum Gasteiger partial charge on any atom is 0.407 e. The minimum absolute atomic E-state index is 0.218. The van der Waals surface area contributed by atoms with E-state index in [4.69, 9.17) is 24.4 Å². The number of amides is 1. The molecule has 3 rings (SSSR count). The number of benzene rings is 2. The maximum absolute atomic E-state index is 12.3. The fourth-order valence-electron chi connectivity index (χ4n) is 4.10. The van der Waals surface area contributed by atoms with E-state index in [9.17, 15) is 9.59 Å². The molecule has 2 aromatic carbocycles. The number of hydrogen-bond acceptors (Lipinski definition) is 8. The number of nitrogens with zero attached hydrogens (tertiary/aromatic N) is 1. The Bertz CT molecular complexity index is 1290. The summed E-state index contributed by atoms with van der Waals surface area (Å²) >= 11 is 0. The zero-order chi connectivity index (χ0) is 29.4. The third kappa shape index (κ3) is 9.32. The number of esters is 1. The zero-order valence-corrected chi connectivity index (χ0v) is 24.5. The summed E-state index contributed by atoms with van der Waals surface area (Å²) in [5.41, 5.74) is 9.33. The number of aryl methyl sites for hydroxylation is 2. The Labute approximate surface area is 236 Å². The third-order valence-corrected chi connectivity index (χ3v) is 5.94. The Morgan fingerprint density at radius 3 is 2.40 bits per heavy atom. The molecule has 0 bridgehead atoms. The van der Waals surface area contributed by atoms with Crippen molar-refractivity contribution in [3.8, 4) is 17.2 Å². The van der Waals surface area contributed by atoms with Gasteiger partial charge in [0.05, 0.1) is 24.4 Å². The van der Waals surface area contributed by atoms with Crippen LogP contribution in [0.4, 0.5) is 10.5 Å². The Kier molecular flexibility index (Phi) is 10.2. The Hall–Kier alpha value is -4.01. The van der Waals surface area contributed by atoms with Gasteiger partial charge in [-0.25, -0.2) is 9.78 Å². The molecule has 0 radical (unpaired) electrons. The summed E-state index contributed by atoms with van der Waals surface area (Å²) in [5.74, 6) is 1.63. The van der Waals surface area contributed by atoms with Gasteiger partial charge in [-0.1, -0.05) is 6.07 Å². The van der Waals surface area contributed by atoms with Crippen molar-refractivity contribution in [3.05, 3.63) is 65.0 Å². The number of hydrogen-bond donors (Lipinski definition) is 2.